The van der Waals surface area contributed by atoms with Gasteiger partial charge in [-0.15, -0.1) is 16.3 Å². The average molecular weight is 464 g/mol. The third-order valence-corrected chi connectivity index (χ3v) is 7.77. The van der Waals surface area contributed by atoms with Crippen LogP contribution in [-0.4, -0.2) is 60.0 Å². The first-order valence-electron chi connectivity index (χ1n) is 10.7. The van der Waals surface area contributed by atoms with Gasteiger partial charge < -0.3 is 19.7 Å². The Morgan fingerprint density at radius 2 is 2.03 bits per heavy atom. The number of methoxy groups -OCH3 is 2. The lowest BCUT2D eigenvalue weighted by molar-refractivity contribution is 0.149. The first-order chi connectivity index (χ1) is 15.3. The SMILES string of the molecule is COCCn1c(=O)n(C2(C)CCC2)c(=O)c2c(C)c(CN3CCNC3=NC(=O)OC)sc21. The van der Waals surface area contributed by atoms with Gasteiger partial charge in [0.15, 0.2) is 0 Å². The highest BCUT2D eigenvalue weighted by atomic mass is 32.1. The molecule has 11 heteroatoms. The lowest BCUT2D eigenvalue weighted by Gasteiger charge is -2.39. The van der Waals surface area contributed by atoms with Crippen molar-refractivity contribution in [3.63, 3.8) is 0 Å². The van der Waals surface area contributed by atoms with E-state index in [4.69, 9.17) is 4.74 Å². The smallest absolute Gasteiger partial charge is 0.436 e. The summed E-state index contributed by atoms with van der Waals surface area (Å²) in [6.07, 6.45) is 1.98. The summed E-state index contributed by atoms with van der Waals surface area (Å²) in [5.41, 5.74) is -0.0679. The van der Waals surface area contributed by atoms with Gasteiger partial charge in [-0.05, 0) is 38.7 Å². The summed E-state index contributed by atoms with van der Waals surface area (Å²) in [4.78, 5) is 46.1. The minimum Gasteiger partial charge on any atom is -0.451 e. The number of aromatic nitrogens is 2. The highest BCUT2D eigenvalue weighted by Gasteiger charge is 2.38. The Morgan fingerprint density at radius 1 is 1.28 bits per heavy atom. The summed E-state index contributed by atoms with van der Waals surface area (Å²) in [6, 6.07) is 0. The minimum atomic E-state index is -0.669. The van der Waals surface area contributed by atoms with E-state index in [2.05, 4.69) is 15.0 Å². The zero-order valence-electron chi connectivity index (χ0n) is 18.9. The number of guanidine groups is 1. The van der Waals surface area contributed by atoms with Crippen molar-refractivity contribution in [1.82, 2.24) is 19.4 Å². The van der Waals surface area contributed by atoms with Gasteiger partial charge in [0, 0.05) is 30.6 Å². The fourth-order valence-electron chi connectivity index (χ4n) is 4.40. The average Bonchev–Trinajstić information content (AvgIpc) is 3.31. The largest absolute Gasteiger partial charge is 0.451 e. The third kappa shape index (κ3) is 3.73. The molecule has 4 rings (SSSR count). The van der Waals surface area contributed by atoms with Gasteiger partial charge in [0.1, 0.15) is 4.83 Å². The van der Waals surface area contributed by atoms with E-state index in [9.17, 15) is 14.4 Å². The Hall–Kier alpha value is -2.66. The van der Waals surface area contributed by atoms with Crippen LogP contribution >= 0.6 is 11.3 Å². The van der Waals surface area contributed by atoms with E-state index in [-0.39, 0.29) is 11.2 Å². The second kappa shape index (κ2) is 8.70. The van der Waals surface area contributed by atoms with E-state index in [1.807, 2.05) is 18.7 Å². The minimum absolute atomic E-state index is 0.219. The molecule has 0 unspecified atom stereocenters. The second-order valence-corrected chi connectivity index (χ2v) is 9.59. The summed E-state index contributed by atoms with van der Waals surface area (Å²) in [7, 11) is 2.88. The van der Waals surface area contributed by atoms with Gasteiger partial charge >= 0.3 is 11.8 Å². The fraction of sp³-hybridized carbons (Fsp3) is 0.619. The van der Waals surface area contributed by atoms with E-state index in [0.717, 1.165) is 29.7 Å². The molecule has 1 amide bonds. The molecule has 2 fully saturated rings. The molecule has 1 aliphatic carbocycles. The van der Waals surface area contributed by atoms with Crippen LogP contribution in [0.25, 0.3) is 10.2 Å². The molecule has 174 valence electrons. The summed E-state index contributed by atoms with van der Waals surface area (Å²) in [6.45, 7) is 6.47. The van der Waals surface area contributed by atoms with Crippen molar-refractivity contribution < 1.29 is 14.3 Å². The van der Waals surface area contributed by atoms with Crippen LogP contribution in [0.15, 0.2) is 14.6 Å². The maximum atomic E-state index is 13.5. The molecule has 2 aromatic rings. The third-order valence-electron chi connectivity index (χ3n) is 6.47. The number of ether oxygens (including phenoxy) is 2. The van der Waals surface area contributed by atoms with Gasteiger partial charge in [-0.3, -0.25) is 13.9 Å². The van der Waals surface area contributed by atoms with Crippen molar-refractivity contribution >= 4 is 33.6 Å². The van der Waals surface area contributed by atoms with Crippen LogP contribution in [0.4, 0.5) is 4.79 Å². The maximum absolute atomic E-state index is 13.5. The van der Waals surface area contributed by atoms with Crippen molar-refractivity contribution in [2.24, 2.45) is 4.99 Å². The number of rotatable bonds is 6. The maximum Gasteiger partial charge on any atom is 0.436 e. The summed E-state index contributed by atoms with van der Waals surface area (Å²) < 4.78 is 13.0. The second-order valence-electron chi connectivity index (χ2n) is 8.50. The lowest BCUT2D eigenvalue weighted by Crippen LogP contribution is -2.53. The van der Waals surface area contributed by atoms with Crippen LogP contribution in [-0.2, 0) is 28.1 Å². The highest BCUT2D eigenvalue weighted by molar-refractivity contribution is 7.18. The summed E-state index contributed by atoms with van der Waals surface area (Å²) in [5, 5.41) is 3.68. The molecule has 1 saturated carbocycles. The number of nitrogens with zero attached hydrogens (tertiary/aromatic N) is 4. The number of amides is 1. The normalized spacial score (nSPS) is 18.8. The van der Waals surface area contributed by atoms with Crippen molar-refractivity contribution in [1.29, 1.82) is 0 Å². The number of aliphatic imine (C=N–C) groups is 1. The van der Waals surface area contributed by atoms with E-state index < -0.39 is 11.6 Å². The van der Waals surface area contributed by atoms with Gasteiger partial charge in [0.05, 0.1) is 32.2 Å². The molecule has 32 heavy (non-hydrogen) atoms. The van der Waals surface area contributed by atoms with Gasteiger partial charge in [-0.2, -0.15) is 0 Å². The van der Waals surface area contributed by atoms with Crippen molar-refractivity contribution in [3.05, 3.63) is 31.3 Å². The Morgan fingerprint density at radius 3 is 2.66 bits per heavy atom. The molecule has 2 aromatic heterocycles. The molecule has 0 aromatic carbocycles. The summed E-state index contributed by atoms with van der Waals surface area (Å²) in [5.74, 6) is 0.449. The Labute approximate surface area is 189 Å². The molecule has 0 spiro atoms. The van der Waals surface area contributed by atoms with Crippen LogP contribution in [0.3, 0.4) is 0 Å². The molecule has 1 aliphatic heterocycles. The zero-order valence-corrected chi connectivity index (χ0v) is 19.7. The number of nitrogens with one attached hydrogen (secondary N) is 1. The van der Waals surface area contributed by atoms with E-state index >= 15 is 0 Å². The monoisotopic (exact) mass is 463 g/mol. The Balaban J connectivity index is 1.83. The molecule has 0 bridgehead atoms. The van der Waals surface area contributed by atoms with Crippen LogP contribution < -0.4 is 16.6 Å². The molecule has 0 radical (unpaired) electrons. The first-order valence-corrected chi connectivity index (χ1v) is 11.5. The van der Waals surface area contributed by atoms with Gasteiger partial charge in [-0.25, -0.2) is 9.59 Å². The molecule has 0 atom stereocenters. The molecule has 1 saturated heterocycles. The molecular formula is C21H29N5O5S. The van der Waals surface area contributed by atoms with E-state index in [1.165, 1.54) is 23.0 Å². The Kier molecular flexibility index (Phi) is 6.13. The molecular weight excluding hydrogens is 434 g/mol. The number of hydrogen-bond acceptors (Lipinski definition) is 6. The van der Waals surface area contributed by atoms with Gasteiger partial charge in [0.25, 0.3) is 5.56 Å². The van der Waals surface area contributed by atoms with E-state index in [0.29, 0.717) is 49.0 Å². The van der Waals surface area contributed by atoms with Crippen LogP contribution in [0, 0.1) is 6.92 Å². The Bertz CT molecular complexity index is 1190. The van der Waals surface area contributed by atoms with Crippen LogP contribution in [0.5, 0.6) is 0 Å². The molecule has 1 N–H and O–H groups in total. The summed E-state index contributed by atoms with van der Waals surface area (Å²) >= 11 is 1.44. The number of aryl methyl sites for hydroxylation is 1. The van der Waals surface area contributed by atoms with Crippen LogP contribution in [0.2, 0.25) is 0 Å². The van der Waals surface area contributed by atoms with Crippen molar-refractivity contribution in [2.75, 3.05) is 33.9 Å². The predicted molar refractivity (Wildman–Crippen MR) is 123 cm³/mol. The molecule has 2 aliphatic rings. The lowest BCUT2D eigenvalue weighted by atomic mass is 9.78. The van der Waals surface area contributed by atoms with Crippen molar-refractivity contribution in [2.45, 2.75) is 51.7 Å². The predicted octanol–water partition coefficient (Wildman–Crippen LogP) is 1.61. The number of thiophene rings is 1. The molecule has 3 heterocycles. The number of hydrogen-bond donors (Lipinski definition) is 1. The van der Waals surface area contributed by atoms with Gasteiger partial charge in [-0.1, -0.05) is 0 Å². The number of carbonyl (C=O) groups is 1. The quantitative estimate of drug-likeness (QED) is 0.693. The highest BCUT2D eigenvalue weighted by Crippen LogP contribution is 2.37. The molecule has 10 nitrogen and oxygen atoms in total. The van der Waals surface area contributed by atoms with E-state index in [1.54, 1.807) is 11.7 Å². The fourth-order valence-corrected chi connectivity index (χ4v) is 5.73. The zero-order chi connectivity index (χ0) is 23.0. The number of carbonyl (C=O) groups excluding carboxylic acids is 1. The van der Waals surface area contributed by atoms with Gasteiger partial charge in [0.2, 0.25) is 5.96 Å². The standard InChI is InChI=1S/C21H29N5O5S/c1-13-14(12-24-9-8-22-18(24)23-19(28)31-4)32-17-15(13)16(27)26(21(2)6-5-7-21)20(29)25(17)10-11-30-3/h5-12H2,1-4H3,(H,22,23,28). The topological polar surface area (TPSA) is 107 Å². The first kappa shape index (κ1) is 22.5. The van der Waals surface area contributed by atoms with Crippen LogP contribution in [0.1, 0.15) is 36.6 Å². The number of fused-ring (bicyclic) bond motifs is 1. The van der Waals surface area contributed by atoms with Crippen molar-refractivity contribution in [3.8, 4) is 0 Å².